The lowest BCUT2D eigenvalue weighted by Crippen LogP contribution is -2.02. The molecule has 0 aliphatic carbocycles. The number of para-hydroxylation sites is 1. The van der Waals surface area contributed by atoms with Gasteiger partial charge in [-0.3, -0.25) is 0 Å². The summed E-state index contributed by atoms with van der Waals surface area (Å²) in [6, 6.07) is 16.7. The van der Waals surface area contributed by atoms with Crippen LogP contribution < -0.4 is 10.4 Å². The topological polar surface area (TPSA) is 39.4 Å². The number of rotatable bonds is 2. The predicted octanol–water partition coefficient (Wildman–Crippen LogP) is 3.47. The van der Waals surface area contributed by atoms with Crippen molar-refractivity contribution >= 4 is 11.0 Å². The fourth-order valence-electron chi connectivity index (χ4n) is 2.05. The second-order valence-electron chi connectivity index (χ2n) is 4.22. The van der Waals surface area contributed by atoms with Crippen molar-refractivity contribution < 1.29 is 9.15 Å². The molecule has 0 unspecified atom stereocenters. The number of methoxy groups -OCH3 is 1. The summed E-state index contributed by atoms with van der Waals surface area (Å²) in [6.07, 6.45) is 0. The molecule has 0 N–H and O–H groups in total. The number of fused-ring (bicyclic) bond motifs is 1. The summed E-state index contributed by atoms with van der Waals surface area (Å²) in [5.41, 5.74) is 1.59. The Kier molecular flexibility index (Phi) is 2.80. The molecule has 3 aromatic rings. The highest BCUT2D eigenvalue weighted by atomic mass is 16.5. The molecule has 0 bridgehead atoms. The summed E-state index contributed by atoms with van der Waals surface area (Å²) in [5, 5.41) is 0.903. The number of hydrogen-bond acceptors (Lipinski definition) is 3. The highest BCUT2D eigenvalue weighted by molar-refractivity contribution is 5.81. The Balaban J connectivity index is 2.24. The molecule has 0 radical (unpaired) electrons. The maximum absolute atomic E-state index is 12.0. The smallest absolute Gasteiger partial charge is 0.344 e. The van der Waals surface area contributed by atoms with Crippen LogP contribution in [0.3, 0.4) is 0 Å². The molecule has 3 nitrogen and oxygen atoms in total. The van der Waals surface area contributed by atoms with Crippen molar-refractivity contribution in [2.75, 3.05) is 7.11 Å². The van der Waals surface area contributed by atoms with Gasteiger partial charge in [0.15, 0.2) is 0 Å². The van der Waals surface area contributed by atoms with Crippen molar-refractivity contribution in [3.05, 3.63) is 65.0 Å². The van der Waals surface area contributed by atoms with Gasteiger partial charge in [-0.25, -0.2) is 4.79 Å². The van der Waals surface area contributed by atoms with Crippen molar-refractivity contribution in [2.24, 2.45) is 0 Å². The van der Waals surface area contributed by atoms with Crippen LogP contribution in [0.4, 0.5) is 0 Å². The summed E-state index contributed by atoms with van der Waals surface area (Å²) >= 11 is 0. The maximum atomic E-state index is 12.0. The maximum Gasteiger partial charge on any atom is 0.344 e. The lowest BCUT2D eigenvalue weighted by Gasteiger charge is -2.04. The number of ether oxygens (including phenoxy) is 1. The standard InChI is InChI=1S/C16H12O3/c1-18-13-7-4-6-11(9-13)14-10-12-5-2-3-8-15(12)19-16(14)17/h2-10H,1H3. The summed E-state index contributed by atoms with van der Waals surface area (Å²) in [5.74, 6) is 0.713. The van der Waals surface area contributed by atoms with Gasteiger partial charge in [0.1, 0.15) is 11.3 Å². The van der Waals surface area contributed by atoms with Crippen LogP contribution in [-0.4, -0.2) is 7.11 Å². The van der Waals surface area contributed by atoms with Gasteiger partial charge in [0.2, 0.25) is 0 Å². The highest BCUT2D eigenvalue weighted by Gasteiger charge is 2.08. The first-order valence-corrected chi connectivity index (χ1v) is 5.95. The van der Waals surface area contributed by atoms with Gasteiger partial charge in [0.25, 0.3) is 0 Å². The molecule has 0 aliphatic heterocycles. The first-order valence-electron chi connectivity index (χ1n) is 5.95. The zero-order chi connectivity index (χ0) is 13.2. The van der Waals surface area contributed by atoms with Gasteiger partial charge in [-0.2, -0.15) is 0 Å². The van der Waals surface area contributed by atoms with Gasteiger partial charge in [0, 0.05) is 5.39 Å². The van der Waals surface area contributed by atoms with E-state index in [1.807, 2.05) is 48.5 Å². The normalized spacial score (nSPS) is 10.6. The molecule has 0 fully saturated rings. The van der Waals surface area contributed by atoms with E-state index in [1.165, 1.54) is 0 Å². The van der Waals surface area contributed by atoms with E-state index in [-0.39, 0.29) is 5.63 Å². The van der Waals surface area contributed by atoms with Crippen LogP contribution in [0.5, 0.6) is 5.75 Å². The van der Waals surface area contributed by atoms with Crippen LogP contribution >= 0.6 is 0 Å². The Morgan fingerprint density at radius 3 is 2.68 bits per heavy atom. The van der Waals surface area contributed by atoms with E-state index in [9.17, 15) is 4.79 Å². The van der Waals surface area contributed by atoms with Gasteiger partial charge in [-0.1, -0.05) is 30.3 Å². The Labute approximate surface area is 110 Å². The fourth-order valence-corrected chi connectivity index (χ4v) is 2.05. The molecule has 0 spiro atoms. The van der Waals surface area contributed by atoms with Gasteiger partial charge >= 0.3 is 5.63 Å². The molecule has 3 rings (SSSR count). The van der Waals surface area contributed by atoms with Crippen LogP contribution in [0.25, 0.3) is 22.1 Å². The van der Waals surface area contributed by atoms with Gasteiger partial charge in [0.05, 0.1) is 12.7 Å². The van der Waals surface area contributed by atoms with Crippen LogP contribution in [0.2, 0.25) is 0 Å². The molecule has 0 amide bonds. The second-order valence-corrected chi connectivity index (χ2v) is 4.22. The molecule has 3 heteroatoms. The van der Waals surface area contributed by atoms with Crippen molar-refractivity contribution in [1.29, 1.82) is 0 Å². The number of benzene rings is 2. The van der Waals surface area contributed by atoms with Gasteiger partial charge in [-0.15, -0.1) is 0 Å². The Hall–Kier alpha value is -2.55. The lowest BCUT2D eigenvalue weighted by atomic mass is 10.1. The third kappa shape index (κ3) is 2.10. The summed E-state index contributed by atoms with van der Waals surface area (Å²) in [4.78, 5) is 12.0. The first kappa shape index (κ1) is 11.5. The Morgan fingerprint density at radius 1 is 1.00 bits per heavy atom. The zero-order valence-corrected chi connectivity index (χ0v) is 10.4. The summed E-state index contributed by atoms with van der Waals surface area (Å²) in [7, 11) is 1.60. The highest BCUT2D eigenvalue weighted by Crippen LogP contribution is 2.24. The molecule has 94 valence electrons. The average Bonchev–Trinajstić information content (AvgIpc) is 2.46. The van der Waals surface area contributed by atoms with Crippen molar-refractivity contribution in [3.8, 4) is 16.9 Å². The minimum Gasteiger partial charge on any atom is -0.497 e. The second kappa shape index (κ2) is 4.61. The summed E-state index contributed by atoms with van der Waals surface area (Å²) in [6.45, 7) is 0. The van der Waals surface area contributed by atoms with E-state index >= 15 is 0 Å². The molecule has 0 atom stereocenters. The molecule has 2 aromatic carbocycles. The van der Waals surface area contributed by atoms with Crippen LogP contribution in [0.15, 0.2) is 63.8 Å². The van der Waals surface area contributed by atoms with Gasteiger partial charge < -0.3 is 9.15 Å². The third-order valence-corrected chi connectivity index (χ3v) is 3.02. The molecular formula is C16H12O3. The Bertz CT molecular complexity index is 787. The molecule has 0 saturated carbocycles. The predicted molar refractivity (Wildman–Crippen MR) is 74.5 cm³/mol. The van der Waals surface area contributed by atoms with Gasteiger partial charge in [-0.05, 0) is 29.8 Å². The Morgan fingerprint density at radius 2 is 1.84 bits per heavy atom. The van der Waals surface area contributed by atoms with E-state index in [0.717, 1.165) is 10.9 Å². The molecule has 0 saturated heterocycles. The van der Waals surface area contributed by atoms with Crippen LogP contribution in [-0.2, 0) is 0 Å². The monoisotopic (exact) mass is 252 g/mol. The van der Waals surface area contributed by atoms with Crippen molar-refractivity contribution in [2.45, 2.75) is 0 Å². The fraction of sp³-hybridized carbons (Fsp3) is 0.0625. The van der Waals surface area contributed by atoms with Crippen LogP contribution in [0.1, 0.15) is 0 Å². The molecular weight excluding hydrogens is 240 g/mol. The van der Waals surface area contributed by atoms with E-state index in [1.54, 1.807) is 13.2 Å². The van der Waals surface area contributed by atoms with Crippen molar-refractivity contribution in [1.82, 2.24) is 0 Å². The van der Waals surface area contributed by atoms with E-state index < -0.39 is 0 Å². The molecule has 1 heterocycles. The van der Waals surface area contributed by atoms with E-state index in [4.69, 9.17) is 9.15 Å². The van der Waals surface area contributed by atoms with Crippen LogP contribution in [0, 0.1) is 0 Å². The molecule has 1 aromatic heterocycles. The quantitative estimate of drug-likeness (QED) is 0.655. The van der Waals surface area contributed by atoms with Crippen molar-refractivity contribution in [3.63, 3.8) is 0 Å². The number of hydrogen-bond donors (Lipinski definition) is 0. The molecule has 19 heavy (non-hydrogen) atoms. The largest absolute Gasteiger partial charge is 0.497 e. The van der Waals surface area contributed by atoms with E-state index in [2.05, 4.69) is 0 Å². The van der Waals surface area contributed by atoms with E-state index in [0.29, 0.717) is 16.9 Å². The molecule has 0 aliphatic rings. The third-order valence-electron chi connectivity index (χ3n) is 3.02. The summed E-state index contributed by atoms with van der Waals surface area (Å²) < 4.78 is 10.5. The lowest BCUT2D eigenvalue weighted by molar-refractivity contribution is 0.415. The SMILES string of the molecule is COc1cccc(-c2cc3ccccc3oc2=O)c1. The zero-order valence-electron chi connectivity index (χ0n) is 10.4. The minimum absolute atomic E-state index is 0.341. The minimum atomic E-state index is -0.341. The average molecular weight is 252 g/mol. The first-order chi connectivity index (χ1) is 9.28.